The van der Waals surface area contributed by atoms with E-state index in [9.17, 15) is 9.59 Å². The minimum Gasteiger partial charge on any atom is -0.346 e. The first-order valence-electron chi connectivity index (χ1n) is 11.8. The molecule has 4 aromatic rings. The number of rotatable bonds is 6. The van der Waals surface area contributed by atoms with Gasteiger partial charge in [-0.2, -0.15) is 5.10 Å². The van der Waals surface area contributed by atoms with Gasteiger partial charge in [-0.1, -0.05) is 12.8 Å². The van der Waals surface area contributed by atoms with Gasteiger partial charge in [-0.25, -0.2) is 4.98 Å². The summed E-state index contributed by atoms with van der Waals surface area (Å²) in [6.07, 6.45) is 9.76. The highest BCUT2D eigenvalue weighted by atomic mass is 16.2. The van der Waals surface area contributed by atoms with E-state index in [-0.39, 0.29) is 17.5 Å². The molecule has 1 saturated carbocycles. The molecule has 1 aliphatic rings. The lowest BCUT2D eigenvalue weighted by Crippen LogP contribution is -2.30. The quantitative estimate of drug-likeness (QED) is 0.473. The van der Waals surface area contributed by atoms with Crippen LogP contribution in [-0.2, 0) is 13.1 Å². The molecule has 0 saturated heterocycles. The molecule has 0 radical (unpaired) electrons. The molecule has 34 heavy (non-hydrogen) atoms. The summed E-state index contributed by atoms with van der Waals surface area (Å²) in [7, 11) is 0. The van der Waals surface area contributed by atoms with Crippen molar-refractivity contribution in [2.75, 3.05) is 0 Å². The second kappa shape index (κ2) is 9.21. The number of carbonyl (C=O) groups is 1. The Hall–Kier alpha value is -3.81. The van der Waals surface area contributed by atoms with Gasteiger partial charge in [-0.05, 0) is 57.0 Å². The van der Waals surface area contributed by atoms with Crippen LogP contribution in [0.15, 0.2) is 53.7 Å². The van der Waals surface area contributed by atoms with E-state index in [2.05, 4.69) is 20.0 Å². The molecule has 1 N–H and O–H groups in total. The number of amides is 1. The summed E-state index contributed by atoms with van der Waals surface area (Å²) in [6.45, 7) is 4.70. The molecule has 1 aliphatic carbocycles. The monoisotopic (exact) mass is 456 g/mol. The molecule has 0 spiro atoms. The van der Waals surface area contributed by atoms with Gasteiger partial charge in [-0.15, -0.1) is 0 Å². The highest BCUT2D eigenvalue weighted by molar-refractivity contribution is 5.96. The number of nitrogens with zero attached hydrogens (tertiary/aromatic N) is 5. The van der Waals surface area contributed by atoms with E-state index in [1.807, 2.05) is 36.6 Å². The molecule has 4 heterocycles. The second-order valence-electron chi connectivity index (χ2n) is 8.80. The minimum atomic E-state index is -0.407. The van der Waals surface area contributed by atoms with Crippen molar-refractivity contribution >= 4 is 16.9 Å². The van der Waals surface area contributed by atoms with Crippen molar-refractivity contribution in [3.05, 3.63) is 76.1 Å². The summed E-state index contributed by atoms with van der Waals surface area (Å²) >= 11 is 0. The fourth-order valence-electron chi connectivity index (χ4n) is 4.73. The fraction of sp³-hybridized carbons (Fsp3) is 0.346. The molecular weight excluding hydrogens is 428 g/mol. The first-order valence-corrected chi connectivity index (χ1v) is 11.8. The Bertz CT molecular complexity index is 1400. The molecule has 0 bridgehead atoms. The number of nitrogens with one attached hydrogen (secondary N) is 1. The molecule has 8 nitrogen and oxygen atoms in total. The Kier molecular flexibility index (Phi) is 5.96. The predicted octanol–water partition coefficient (Wildman–Crippen LogP) is 4.03. The van der Waals surface area contributed by atoms with Crippen molar-refractivity contribution in [1.82, 2.24) is 29.6 Å². The van der Waals surface area contributed by atoms with Crippen molar-refractivity contribution in [2.24, 2.45) is 0 Å². The maximum Gasteiger partial charge on any atom is 0.257 e. The molecule has 8 heteroatoms. The van der Waals surface area contributed by atoms with Crippen molar-refractivity contribution < 1.29 is 4.79 Å². The van der Waals surface area contributed by atoms with Crippen LogP contribution >= 0.6 is 0 Å². The molecule has 4 aromatic heterocycles. The minimum absolute atomic E-state index is 0.115. The Morgan fingerprint density at radius 2 is 1.91 bits per heavy atom. The molecule has 1 fully saturated rings. The van der Waals surface area contributed by atoms with Crippen LogP contribution in [0.4, 0.5) is 0 Å². The molecule has 5 rings (SSSR count). The van der Waals surface area contributed by atoms with E-state index >= 15 is 0 Å². The van der Waals surface area contributed by atoms with Gasteiger partial charge in [0, 0.05) is 36.4 Å². The fourth-order valence-corrected chi connectivity index (χ4v) is 4.73. The SMILES string of the molecule is CCn1cc(C(=O)NCc2cc(-c3ccncc3)n(C3CCCC3)n2)c(=O)c2ccc(C)nc21. The second-order valence-corrected chi connectivity index (χ2v) is 8.80. The van der Waals surface area contributed by atoms with Gasteiger partial charge in [0.2, 0.25) is 5.43 Å². The highest BCUT2D eigenvalue weighted by Gasteiger charge is 2.23. The smallest absolute Gasteiger partial charge is 0.257 e. The van der Waals surface area contributed by atoms with E-state index in [0.29, 0.717) is 23.6 Å². The van der Waals surface area contributed by atoms with Gasteiger partial charge < -0.3 is 9.88 Å². The summed E-state index contributed by atoms with van der Waals surface area (Å²) in [5.41, 5.74) is 4.08. The van der Waals surface area contributed by atoms with Gasteiger partial charge in [0.25, 0.3) is 5.91 Å². The Morgan fingerprint density at radius 1 is 1.15 bits per heavy atom. The highest BCUT2D eigenvalue weighted by Crippen LogP contribution is 2.33. The first kappa shape index (κ1) is 22.0. The number of hydrogen-bond donors (Lipinski definition) is 1. The van der Waals surface area contributed by atoms with Crippen molar-refractivity contribution in [3.8, 4) is 11.3 Å². The predicted molar refractivity (Wildman–Crippen MR) is 131 cm³/mol. The van der Waals surface area contributed by atoms with Gasteiger partial charge >= 0.3 is 0 Å². The number of fused-ring (bicyclic) bond motifs is 1. The van der Waals surface area contributed by atoms with Crippen molar-refractivity contribution in [1.29, 1.82) is 0 Å². The normalized spacial score (nSPS) is 14.1. The maximum absolute atomic E-state index is 13.0. The number of aryl methyl sites for hydroxylation is 2. The average Bonchev–Trinajstić information content (AvgIpc) is 3.53. The Balaban J connectivity index is 1.43. The third kappa shape index (κ3) is 4.11. The van der Waals surface area contributed by atoms with Crippen molar-refractivity contribution in [2.45, 2.75) is 58.7 Å². The third-order valence-electron chi connectivity index (χ3n) is 6.51. The lowest BCUT2D eigenvalue weighted by atomic mass is 10.1. The van der Waals surface area contributed by atoms with E-state index < -0.39 is 5.91 Å². The van der Waals surface area contributed by atoms with Crippen LogP contribution in [0.3, 0.4) is 0 Å². The summed E-state index contributed by atoms with van der Waals surface area (Å²) < 4.78 is 3.94. The van der Waals surface area contributed by atoms with Gasteiger partial charge in [0.05, 0.1) is 29.4 Å². The Labute approximate surface area is 197 Å². The van der Waals surface area contributed by atoms with E-state index in [0.717, 1.165) is 35.5 Å². The molecule has 174 valence electrons. The van der Waals surface area contributed by atoms with E-state index in [1.54, 1.807) is 30.7 Å². The number of pyridine rings is 3. The third-order valence-corrected chi connectivity index (χ3v) is 6.51. The zero-order chi connectivity index (χ0) is 23.7. The van der Waals surface area contributed by atoms with Crippen LogP contribution < -0.4 is 10.7 Å². The van der Waals surface area contributed by atoms with Crippen molar-refractivity contribution in [3.63, 3.8) is 0 Å². The van der Waals surface area contributed by atoms with Crippen LogP contribution in [-0.4, -0.2) is 30.2 Å². The molecule has 0 aromatic carbocycles. The lowest BCUT2D eigenvalue weighted by molar-refractivity contribution is 0.0948. The zero-order valence-electron chi connectivity index (χ0n) is 19.5. The van der Waals surface area contributed by atoms with Crippen LogP contribution in [0.25, 0.3) is 22.3 Å². The standard InChI is InChI=1S/C26H28N6O2/c1-3-31-16-22(24(33)21-9-8-17(2)29-25(21)31)26(34)28-15-19-14-23(18-10-12-27-13-11-18)32(30-19)20-6-4-5-7-20/h8-14,16,20H,3-7,15H2,1-2H3,(H,28,34). The summed E-state index contributed by atoms with van der Waals surface area (Å²) in [5.74, 6) is -0.407. The maximum atomic E-state index is 13.0. The van der Waals surface area contributed by atoms with Crippen LogP contribution in [0.1, 0.15) is 60.4 Å². The molecule has 0 atom stereocenters. The van der Waals surface area contributed by atoms with E-state index in [1.165, 1.54) is 12.8 Å². The largest absolute Gasteiger partial charge is 0.346 e. The van der Waals surface area contributed by atoms with E-state index in [4.69, 9.17) is 5.10 Å². The van der Waals surface area contributed by atoms with Gasteiger partial charge in [0.1, 0.15) is 11.2 Å². The van der Waals surface area contributed by atoms with Gasteiger partial charge in [0.15, 0.2) is 0 Å². The van der Waals surface area contributed by atoms with Gasteiger partial charge in [-0.3, -0.25) is 19.3 Å². The number of aromatic nitrogens is 5. The molecule has 0 aliphatic heterocycles. The topological polar surface area (TPSA) is 94.7 Å². The zero-order valence-corrected chi connectivity index (χ0v) is 19.5. The Morgan fingerprint density at radius 3 is 2.65 bits per heavy atom. The average molecular weight is 457 g/mol. The summed E-state index contributed by atoms with van der Waals surface area (Å²) in [6, 6.07) is 9.87. The van der Waals surface area contributed by atoms with Crippen LogP contribution in [0.2, 0.25) is 0 Å². The molecule has 1 amide bonds. The van der Waals surface area contributed by atoms with Crippen LogP contribution in [0.5, 0.6) is 0 Å². The number of carbonyl (C=O) groups excluding carboxylic acids is 1. The molecular formula is C26H28N6O2. The first-order chi connectivity index (χ1) is 16.5. The summed E-state index contributed by atoms with van der Waals surface area (Å²) in [5, 5.41) is 8.19. The molecule has 0 unspecified atom stereocenters. The van der Waals surface area contributed by atoms with Crippen LogP contribution in [0, 0.1) is 6.92 Å². The number of hydrogen-bond acceptors (Lipinski definition) is 5. The lowest BCUT2D eigenvalue weighted by Gasteiger charge is -2.14. The summed E-state index contributed by atoms with van der Waals surface area (Å²) in [4.78, 5) is 34.7.